The fraction of sp³-hybridized carbons (Fsp3) is 0.250. The highest BCUT2D eigenvalue weighted by Gasteiger charge is 2.16. The lowest BCUT2D eigenvalue weighted by atomic mass is 10.7. The molecule has 8 heteroatoms. The predicted molar refractivity (Wildman–Crippen MR) is 42.7 cm³/mol. The lowest BCUT2D eigenvalue weighted by Gasteiger charge is -1.92. The minimum Gasteiger partial charge on any atom is -0.370 e. The van der Waals surface area contributed by atoms with Gasteiger partial charge in [0.1, 0.15) is 0 Å². The van der Waals surface area contributed by atoms with Gasteiger partial charge >= 0.3 is 10.1 Å². The van der Waals surface area contributed by atoms with Crippen molar-refractivity contribution in [3.8, 4) is 0 Å². The molecular formula is C4H10FN3O3S. The SMILES string of the molecule is C=CC(F)S(=O)(=O)O.N=C(N)N. The number of alkyl halides is 1. The molecule has 0 heterocycles. The second-order valence-corrected chi connectivity index (χ2v) is 3.04. The van der Waals surface area contributed by atoms with Gasteiger partial charge in [0.15, 0.2) is 5.96 Å². The Kier molecular flexibility index (Phi) is 6.15. The lowest BCUT2D eigenvalue weighted by molar-refractivity contribution is 0.410. The third-order valence-corrected chi connectivity index (χ3v) is 1.23. The van der Waals surface area contributed by atoms with E-state index in [4.69, 9.17) is 9.96 Å². The number of halogens is 1. The van der Waals surface area contributed by atoms with Crippen molar-refractivity contribution in [3.05, 3.63) is 12.7 Å². The van der Waals surface area contributed by atoms with Gasteiger partial charge in [-0.25, -0.2) is 4.39 Å². The molecule has 1 atom stereocenters. The Morgan fingerprint density at radius 2 is 1.92 bits per heavy atom. The summed E-state index contributed by atoms with van der Waals surface area (Å²) in [5.74, 6) is -0.333. The molecule has 1 unspecified atom stereocenters. The van der Waals surface area contributed by atoms with Crippen LogP contribution in [0.2, 0.25) is 0 Å². The Morgan fingerprint density at radius 3 is 1.92 bits per heavy atom. The van der Waals surface area contributed by atoms with Gasteiger partial charge < -0.3 is 11.5 Å². The van der Waals surface area contributed by atoms with Gasteiger partial charge in [-0.05, 0) is 6.08 Å². The number of hydrogen-bond donors (Lipinski definition) is 4. The van der Waals surface area contributed by atoms with Crippen LogP contribution in [-0.2, 0) is 10.1 Å². The van der Waals surface area contributed by atoms with Crippen molar-refractivity contribution in [1.29, 1.82) is 5.41 Å². The molecule has 0 fully saturated rings. The quantitative estimate of drug-likeness (QED) is 0.200. The van der Waals surface area contributed by atoms with Crippen molar-refractivity contribution in [2.75, 3.05) is 0 Å². The second-order valence-electron chi connectivity index (χ2n) is 1.56. The zero-order valence-corrected chi connectivity index (χ0v) is 6.88. The van der Waals surface area contributed by atoms with Gasteiger partial charge in [0.25, 0.3) is 0 Å². The first-order valence-corrected chi connectivity index (χ1v) is 4.04. The first-order chi connectivity index (χ1) is 5.21. The van der Waals surface area contributed by atoms with E-state index in [0.717, 1.165) is 0 Å². The van der Waals surface area contributed by atoms with Crippen LogP contribution in [0.5, 0.6) is 0 Å². The topological polar surface area (TPSA) is 130 Å². The highest BCUT2D eigenvalue weighted by molar-refractivity contribution is 7.86. The molecule has 0 amide bonds. The highest BCUT2D eigenvalue weighted by atomic mass is 32.2. The van der Waals surface area contributed by atoms with E-state index < -0.39 is 15.6 Å². The summed E-state index contributed by atoms with van der Waals surface area (Å²) in [4.78, 5) is 0. The van der Waals surface area contributed by atoms with Crippen molar-refractivity contribution in [3.63, 3.8) is 0 Å². The van der Waals surface area contributed by atoms with Gasteiger partial charge in [-0.15, -0.1) is 0 Å². The predicted octanol–water partition coefficient (Wildman–Crippen LogP) is -0.806. The maximum atomic E-state index is 11.7. The molecule has 0 rings (SSSR count). The number of hydrogen-bond acceptors (Lipinski definition) is 3. The monoisotopic (exact) mass is 199 g/mol. The molecule has 72 valence electrons. The molecule has 0 aliphatic rings. The van der Waals surface area contributed by atoms with E-state index in [0.29, 0.717) is 6.08 Å². The molecule has 0 aromatic rings. The van der Waals surface area contributed by atoms with Crippen LogP contribution >= 0.6 is 0 Å². The summed E-state index contributed by atoms with van der Waals surface area (Å²) < 4.78 is 38.8. The van der Waals surface area contributed by atoms with Crippen LogP contribution in [0.3, 0.4) is 0 Å². The molecule has 0 saturated carbocycles. The normalized spacial score (nSPS) is 12.2. The van der Waals surface area contributed by atoms with Crippen LogP contribution in [0.4, 0.5) is 4.39 Å². The average Bonchev–Trinajstić information content (AvgIpc) is 1.82. The van der Waals surface area contributed by atoms with Crippen LogP contribution in [0, 0.1) is 5.41 Å². The minimum atomic E-state index is -4.54. The standard InChI is InChI=1S/C3H5FO3S.CH5N3/c1-2-3(4)8(5,6)7;2-1(3)4/h2-3H,1H2,(H,5,6,7);(H5,2,3,4). The van der Waals surface area contributed by atoms with E-state index >= 15 is 0 Å². The molecule has 0 aliphatic carbocycles. The van der Waals surface area contributed by atoms with E-state index in [1.807, 2.05) is 0 Å². The zero-order valence-electron chi connectivity index (χ0n) is 6.07. The summed E-state index contributed by atoms with van der Waals surface area (Å²) in [6.45, 7) is 2.81. The fourth-order valence-corrected chi connectivity index (χ4v) is 0.365. The fourth-order valence-electron chi connectivity index (χ4n) is 0.122. The van der Waals surface area contributed by atoms with Crippen LogP contribution in [0.25, 0.3) is 0 Å². The van der Waals surface area contributed by atoms with Crippen LogP contribution in [0.1, 0.15) is 0 Å². The van der Waals surface area contributed by atoms with Gasteiger partial charge in [0, 0.05) is 0 Å². The second kappa shape index (κ2) is 5.49. The molecule has 0 bridgehead atoms. The van der Waals surface area contributed by atoms with E-state index in [2.05, 4.69) is 18.0 Å². The first kappa shape index (κ1) is 13.4. The van der Waals surface area contributed by atoms with Crippen molar-refractivity contribution in [2.24, 2.45) is 11.5 Å². The van der Waals surface area contributed by atoms with E-state index in [-0.39, 0.29) is 5.96 Å². The number of rotatable bonds is 2. The smallest absolute Gasteiger partial charge is 0.301 e. The van der Waals surface area contributed by atoms with Crippen molar-refractivity contribution in [1.82, 2.24) is 0 Å². The van der Waals surface area contributed by atoms with E-state index in [1.165, 1.54) is 0 Å². The van der Waals surface area contributed by atoms with Crippen LogP contribution in [-0.4, -0.2) is 24.4 Å². The minimum absolute atomic E-state index is 0.333. The Balaban J connectivity index is 0. The molecule has 0 radical (unpaired) electrons. The third-order valence-electron chi connectivity index (χ3n) is 0.470. The molecule has 0 saturated heterocycles. The molecular weight excluding hydrogens is 189 g/mol. The molecule has 6 nitrogen and oxygen atoms in total. The summed E-state index contributed by atoms with van der Waals surface area (Å²) in [6, 6.07) is 0. The Morgan fingerprint density at radius 1 is 1.67 bits per heavy atom. The van der Waals surface area contributed by atoms with Crippen molar-refractivity contribution in [2.45, 2.75) is 5.50 Å². The number of nitrogens with one attached hydrogen (secondary N) is 1. The highest BCUT2D eigenvalue weighted by Crippen LogP contribution is 1.98. The largest absolute Gasteiger partial charge is 0.370 e. The van der Waals surface area contributed by atoms with Gasteiger partial charge in [-0.3, -0.25) is 9.96 Å². The van der Waals surface area contributed by atoms with Gasteiger partial charge in [-0.2, -0.15) is 8.42 Å². The summed E-state index contributed by atoms with van der Waals surface area (Å²) in [7, 11) is -4.54. The maximum absolute atomic E-state index is 11.7. The van der Waals surface area contributed by atoms with Crippen molar-refractivity contribution < 1.29 is 17.4 Å². The molecule has 0 aromatic carbocycles. The summed E-state index contributed by atoms with van der Waals surface area (Å²) in [5.41, 5.74) is 6.59. The summed E-state index contributed by atoms with van der Waals surface area (Å²) in [6.07, 6.45) is 0.495. The average molecular weight is 199 g/mol. The third kappa shape index (κ3) is 11.6. The molecule has 0 aliphatic heterocycles. The van der Waals surface area contributed by atoms with Gasteiger partial charge in [0.2, 0.25) is 5.50 Å². The molecule has 6 N–H and O–H groups in total. The van der Waals surface area contributed by atoms with E-state index in [9.17, 15) is 12.8 Å². The number of guanidine groups is 1. The van der Waals surface area contributed by atoms with E-state index in [1.54, 1.807) is 0 Å². The number of nitrogens with two attached hydrogens (primary N) is 2. The van der Waals surface area contributed by atoms with Crippen LogP contribution < -0.4 is 11.5 Å². The van der Waals surface area contributed by atoms with Gasteiger partial charge in [0.05, 0.1) is 0 Å². The molecule has 0 spiro atoms. The lowest BCUT2D eigenvalue weighted by Crippen LogP contribution is -2.20. The first-order valence-electron chi connectivity index (χ1n) is 2.54. The Hall–Kier alpha value is -1.15. The zero-order chi connectivity index (χ0) is 10.4. The summed E-state index contributed by atoms with van der Waals surface area (Å²) in [5, 5.41) is 6.06. The Bertz CT molecular complexity index is 246. The molecule has 0 aromatic heterocycles. The Labute approximate surface area is 69.3 Å². The molecule has 12 heavy (non-hydrogen) atoms. The van der Waals surface area contributed by atoms with Crippen LogP contribution in [0.15, 0.2) is 12.7 Å². The maximum Gasteiger partial charge on any atom is 0.301 e. The summed E-state index contributed by atoms with van der Waals surface area (Å²) >= 11 is 0. The van der Waals surface area contributed by atoms with Crippen molar-refractivity contribution >= 4 is 16.1 Å². The van der Waals surface area contributed by atoms with Gasteiger partial charge in [-0.1, -0.05) is 6.58 Å².